The first kappa shape index (κ1) is 10.7. The van der Waals surface area contributed by atoms with E-state index in [1.165, 1.54) is 6.92 Å². The van der Waals surface area contributed by atoms with Crippen molar-refractivity contribution in [1.82, 2.24) is 0 Å². The highest BCUT2D eigenvalue weighted by molar-refractivity contribution is 5.16. The molecular formula is C7H9F2NO2. The van der Waals surface area contributed by atoms with Crippen molar-refractivity contribution >= 4 is 0 Å². The Hall–Kier alpha value is -1.26. The molecular weight excluding hydrogens is 168 g/mol. The van der Waals surface area contributed by atoms with Crippen molar-refractivity contribution < 1.29 is 13.7 Å². The Morgan fingerprint density at radius 2 is 2.08 bits per heavy atom. The summed E-state index contributed by atoms with van der Waals surface area (Å²) in [5, 5.41) is 9.97. The lowest BCUT2D eigenvalue weighted by atomic mass is 10.3. The van der Waals surface area contributed by atoms with Crippen LogP contribution in [0.1, 0.15) is 20.3 Å². The Labute approximate surface area is 68.5 Å². The molecule has 0 radical (unpaired) electrons. The Morgan fingerprint density at radius 1 is 1.58 bits per heavy atom. The van der Waals surface area contributed by atoms with Crippen LogP contribution in [0.15, 0.2) is 23.4 Å². The minimum absolute atomic E-state index is 0.104. The Balaban J connectivity index is 4.64. The van der Waals surface area contributed by atoms with Crippen molar-refractivity contribution in [1.29, 1.82) is 0 Å². The highest BCUT2D eigenvalue weighted by atomic mass is 19.2. The van der Waals surface area contributed by atoms with E-state index in [-0.39, 0.29) is 6.42 Å². The van der Waals surface area contributed by atoms with Crippen molar-refractivity contribution in [2.45, 2.75) is 20.3 Å². The number of hydrogen-bond donors (Lipinski definition) is 0. The van der Waals surface area contributed by atoms with Gasteiger partial charge in [-0.05, 0) is 6.42 Å². The number of allylic oxidation sites excluding steroid dienone is 4. The second-order valence-corrected chi connectivity index (χ2v) is 2.15. The second-order valence-electron chi connectivity index (χ2n) is 2.15. The fourth-order valence-electron chi connectivity index (χ4n) is 0.483. The number of hydrogen-bond acceptors (Lipinski definition) is 2. The van der Waals surface area contributed by atoms with Gasteiger partial charge in [0.25, 0.3) is 0 Å². The van der Waals surface area contributed by atoms with Gasteiger partial charge in [0.05, 0.1) is 4.92 Å². The molecule has 0 aromatic rings. The van der Waals surface area contributed by atoms with Crippen molar-refractivity contribution in [2.24, 2.45) is 0 Å². The van der Waals surface area contributed by atoms with Crippen molar-refractivity contribution in [3.63, 3.8) is 0 Å². The molecule has 68 valence electrons. The standard InChI is InChI=1S/C7H9F2NO2/c1-3-6(8)7(9)4-5(2)10(11)12/h4H,3H2,1-2H3/b5-4+,7-6-. The highest BCUT2D eigenvalue weighted by Gasteiger charge is 2.07. The zero-order chi connectivity index (χ0) is 9.72. The van der Waals surface area contributed by atoms with Crippen LogP contribution >= 0.6 is 0 Å². The normalized spacial score (nSPS) is 14.2. The van der Waals surface area contributed by atoms with Gasteiger partial charge in [0.2, 0.25) is 5.70 Å². The molecule has 0 rings (SSSR count). The summed E-state index contributed by atoms with van der Waals surface area (Å²) >= 11 is 0. The van der Waals surface area contributed by atoms with Crippen LogP contribution in [0.4, 0.5) is 8.78 Å². The van der Waals surface area contributed by atoms with Crippen molar-refractivity contribution in [3.8, 4) is 0 Å². The fraction of sp³-hybridized carbons (Fsp3) is 0.429. The van der Waals surface area contributed by atoms with Crippen LogP contribution in [0.25, 0.3) is 0 Å². The van der Waals surface area contributed by atoms with E-state index in [0.29, 0.717) is 6.08 Å². The van der Waals surface area contributed by atoms with E-state index in [1.807, 2.05) is 0 Å². The molecule has 0 spiro atoms. The molecule has 0 bridgehead atoms. The van der Waals surface area contributed by atoms with Gasteiger partial charge in [0.15, 0.2) is 5.83 Å². The summed E-state index contributed by atoms with van der Waals surface area (Å²) < 4.78 is 24.9. The summed E-state index contributed by atoms with van der Waals surface area (Å²) in [7, 11) is 0. The first-order valence-corrected chi connectivity index (χ1v) is 3.35. The average Bonchev–Trinajstić information content (AvgIpc) is 2.02. The zero-order valence-electron chi connectivity index (χ0n) is 6.80. The van der Waals surface area contributed by atoms with Crippen LogP contribution in [0.2, 0.25) is 0 Å². The molecule has 0 atom stereocenters. The lowest BCUT2D eigenvalue weighted by Gasteiger charge is -1.91. The van der Waals surface area contributed by atoms with E-state index >= 15 is 0 Å². The van der Waals surface area contributed by atoms with E-state index in [4.69, 9.17) is 0 Å². The SMILES string of the molecule is CC/C(F)=C(F)\C=C(/C)[N+](=O)[O-]. The monoisotopic (exact) mass is 177 g/mol. The summed E-state index contributed by atoms with van der Waals surface area (Å²) in [5.74, 6) is -2.15. The topological polar surface area (TPSA) is 43.1 Å². The molecule has 0 fully saturated rings. The molecule has 0 aromatic carbocycles. The minimum Gasteiger partial charge on any atom is -0.259 e. The lowest BCUT2D eigenvalue weighted by molar-refractivity contribution is -0.424. The highest BCUT2D eigenvalue weighted by Crippen LogP contribution is 2.14. The maximum Gasteiger partial charge on any atom is 0.246 e. The zero-order valence-corrected chi connectivity index (χ0v) is 6.80. The van der Waals surface area contributed by atoms with Gasteiger partial charge in [-0.25, -0.2) is 8.78 Å². The van der Waals surface area contributed by atoms with Crippen LogP contribution in [0.3, 0.4) is 0 Å². The van der Waals surface area contributed by atoms with Crippen LogP contribution in [-0.2, 0) is 0 Å². The Morgan fingerprint density at radius 3 is 2.42 bits per heavy atom. The van der Waals surface area contributed by atoms with Gasteiger partial charge < -0.3 is 0 Å². The van der Waals surface area contributed by atoms with Crippen LogP contribution < -0.4 is 0 Å². The molecule has 0 N–H and O–H groups in total. The van der Waals surface area contributed by atoms with Crippen LogP contribution in [-0.4, -0.2) is 4.92 Å². The minimum atomic E-state index is -1.17. The predicted molar refractivity (Wildman–Crippen MR) is 40.3 cm³/mol. The molecule has 0 aliphatic carbocycles. The molecule has 0 saturated carbocycles. The van der Waals surface area contributed by atoms with E-state index in [0.717, 1.165) is 6.92 Å². The molecule has 0 heterocycles. The number of rotatable bonds is 3. The smallest absolute Gasteiger partial charge is 0.246 e. The van der Waals surface area contributed by atoms with E-state index in [1.54, 1.807) is 0 Å². The van der Waals surface area contributed by atoms with Crippen LogP contribution in [0, 0.1) is 10.1 Å². The first-order valence-electron chi connectivity index (χ1n) is 3.35. The number of halogens is 2. The molecule has 12 heavy (non-hydrogen) atoms. The van der Waals surface area contributed by atoms with Gasteiger partial charge >= 0.3 is 0 Å². The van der Waals surface area contributed by atoms with Gasteiger partial charge in [-0.1, -0.05) is 6.92 Å². The van der Waals surface area contributed by atoms with Crippen LogP contribution in [0.5, 0.6) is 0 Å². The van der Waals surface area contributed by atoms with Gasteiger partial charge in [0.1, 0.15) is 5.83 Å². The summed E-state index contributed by atoms with van der Waals surface area (Å²) in [6.45, 7) is 2.52. The average molecular weight is 177 g/mol. The van der Waals surface area contributed by atoms with Gasteiger partial charge in [-0.3, -0.25) is 10.1 Å². The predicted octanol–water partition coefficient (Wildman–Crippen LogP) is 2.73. The summed E-state index contributed by atoms with van der Waals surface area (Å²) in [6, 6.07) is 0. The first-order chi connectivity index (χ1) is 5.49. The second kappa shape index (κ2) is 4.58. The molecule has 0 aliphatic heterocycles. The largest absolute Gasteiger partial charge is 0.259 e. The number of nitro groups is 1. The molecule has 3 nitrogen and oxygen atoms in total. The number of nitrogens with zero attached hydrogens (tertiary/aromatic N) is 1. The Kier molecular flexibility index (Phi) is 4.10. The van der Waals surface area contributed by atoms with Crippen molar-refractivity contribution in [2.75, 3.05) is 0 Å². The molecule has 0 saturated heterocycles. The quantitative estimate of drug-likeness (QED) is 0.378. The van der Waals surface area contributed by atoms with Gasteiger partial charge in [0, 0.05) is 13.0 Å². The van der Waals surface area contributed by atoms with E-state index in [9.17, 15) is 18.9 Å². The third kappa shape index (κ3) is 3.23. The molecule has 0 aromatic heterocycles. The van der Waals surface area contributed by atoms with E-state index in [2.05, 4.69) is 0 Å². The lowest BCUT2D eigenvalue weighted by Crippen LogP contribution is -1.93. The summed E-state index contributed by atoms with van der Waals surface area (Å²) in [4.78, 5) is 9.20. The van der Waals surface area contributed by atoms with Gasteiger partial charge in [-0.2, -0.15) is 0 Å². The third-order valence-electron chi connectivity index (χ3n) is 1.19. The molecule has 0 unspecified atom stereocenters. The molecule has 5 heteroatoms. The Bertz CT molecular complexity index is 246. The summed E-state index contributed by atoms with van der Waals surface area (Å²) in [6.07, 6.45) is 0.464. The maximum atomic E-state index is 12.5. The molecule has 0 aliphatic rings. The fourth-order valence-corrected chi connectivity index (χ4v) is 0.483. The summed E-state index contributed by atoms with van der Waals surface area (Å²) in [5.41, 5.74) is -0.420. The van der Waals surface area contributed by atoms with Crippen molar-refractivity contribution in [3.05, 3.63) is 33.5 Å². The molecule has 0 amide bonds. The van der Waals surface area contributed by atoms with Gasteiger partial charge in [-0.15, -0.1) is 0 Å². The maximum absolute atomic E-state index is 12.5. The third-order valence-corrected chi connectivity index (χ3v) is 1.19. The van der Waals surface area contributed by atoms with E-state index < -0.39 is 22.3 Å².